The Bertz CT molecular complexity index is 1210. The molecular formula is C24H23N3O4. The second kappa shape index (κ2) is 9.63. The highest BCUT2D eigenvalue weighted by molar-refractivity contribution is 5.93. The van der Waals surface area contributed by atoms with E-state index in [4.69, 9.17) is 14.7 Å². The van der Waals surface area contributed by atoms with Crippen LogP contribution < -0.4 is 20.3 Å². The molecule has 1 N–H and O–H groups in total. The second-order valence-electron chi connectivity index (χ2n) is 6.89. The van der Waals surface area contributed by atoms with Crippen LogP contribution in [0.25, 0.3) is 5.69 Å². The molecule has 3 aromatic rings. The first-order valence-electron chi connectivity index (χ1n) is 9.70. The first kappa shape index (κ1) is 21.7. The van der Waals surface area contributed by atoms with E-state index in [1.807, 2.05) is 18.2 Å². The molecule has 7 heteroatoms. The Morgan fingerprint density at radius 2 is 1.84 bits per heavy atom. The molecule has 0 aliphatic carbocycles. The second-order valence-corrected chi connectivity index (χ2v) is 6.89. The number of nitriles is 1. The van der Waals surface area contributed by atoms with Gasteiger partial charge in [-0.2, -0.15) is 5.26 Å². The van der Waals surface area contributed by atoms with Gasteiger partial charge in [0, 0.05) is 12.2 Å². The van der Waals surface area contributed by atoms with Crippen LogP contribution in [0.3, 0.4) is 0 Å². The third-order valence-electron chi connectivity index (χ3n) is 4.90. The van der Waals surface area contributed by atoms with Crippen molar-refractivity contribution in [1.82, 2.24) is 9.88 Å². The molecule has 0 bridgehead atoms. The van der Waals surface area contributed by atoms with Gasteiger partial charge in [-0.25, -0.2) is 0 Å². The lowest BCUT2D eigenvalue weighted by Crippen LogP contribution is -2.34. The predicted molar refractivity (Wildman–Crippen MR) is 117 cm³/mol. The van der Waals surface area contributed by atoms with Gasteiger partial charge in [0.05, 0.1) is 31.5 Å². The van der Waals surface area contributed by atoms with E-state index < -0.39 is 11.5 Å². The lowest BCUT2D eigenvalue weighted by Gasteiger charge is -2.13. The topological polar surface area (TPSA) is 93.4 Å². The van der Waals surface area contributed by atoms with Crippen molar-refractivity contribution in [3.8, 4) is 23.3 Å². The van der Waals surface area contributed by atoms with Gasteiger partial charge in [0.15, 0.2) is 11.5 Å². The number of nitrogens with one attached hydrogen (secondary N) is 1. The number of aromatic nitrogens is 1. The van der Waals surface area contributed by atoms with Gasteiger partial charge in [-0.1, -0.05) is 12.1 Å². The fraction of sp³-hybridized carbons (Fsp3) is 0.208. The molecule has 0 aliphatic rings. The molecule has 0 spiro atoms. The van der Waals surface area contributed by atoms with Crippen molar-refractivity contribution in [3.63, 3.8) is 0 Å². The Morgan fingerprint density at radius 1 is 1.06 bits per heavy atom. The Balaban J connectivity index is 1.77. The lowest BCUT2D eigenvalue weighted by molar-refractivity contribution is 0.0952. The Morgan fingerprint density at radius 3 is 2.55 bits per heavy atom. The zero-order valence-corrected chi connectivity index (χ0v) is 17.6. The molecule has 2 aromatic carbocycles. The van der Waals surface area contributed by atoms with E-state index >= 15 is 0 Å². The van der Waals surface area contributed by atoms with Crippen LogP contribution in [0.15, 0.2) is 59.4 Å². The summed E-state index contributed by atoms with van der Waals surface area (Å²) in [5.74, 6) is 0.805. The average molecular weight is 417 g/mol. The minimum atomic E-state index is -0.448. The molecule has 1 aromatic heterocycles. The monoisotopic (exact) mass is 417 g/mol. The summed E-state index contributed by atoms with van der Waals surface area (Å²) >= 11 is 0. The highest BCUT2D eigenvalue weighted by atomic mass is 16.5. The van der Waals surface area contributed by atoms with Crippen molar-refractivity contribution in [2.24, 2.45) is 0 Å². The maximum atomic E-state index is 13.0. The summed E-state index contributed by atoms with van der Waals surface area (Å²) in [6.07, 6.45) is 0.566. The Kier molecular flexibility index (Phi) is 6.73. The zero-order valence-electron chi connectivity index (χ0n) is 17.6. The number of hydrogen-bond acceptors (Lipinski definition) is 5. The zero-order chi connectivity index (χ0) is 22.4. The number of aryl methyl sites for hydroxylation is 1. The third kappa shape index (κ3) is 4.75. The molecule has 158 valence electrons. The smallest absolute Gasteiger partial charge is 0.268 e. The van der Waals surface area contributed by atoms with E-state index in [0.717, 1.165) is 5.56 Å². The van der Waals surface area contributed by atoms with Crippen molar-refractivity contribution < 1.29 is 14.3 Å². The molecule has 7 nitrogen and oxygen atoms in total. The largest absolute Gasteiger partial charge is 0.493 e. The molecule has 0 atom stereocenters. The first-order valence-corrected chi connectivity index (χ1v) is 9.70. The number of carbonyl (C=O) groups excluding carboxylic acids is 1. The molecular weight excluding hydrogens is 394 g/mol. The highest BCUT2D eigenvalue weighted by Gasteiger charge is 2.15. The van der Waals surface area contributed by atoms with Crippen molar-refractivity contribution in [2.45, 2.75) is 13.3 Å². The van der Waals surface area contributed by atoms with Crippen LogP contribution in [0.4, 0.5) is 0 Å². The van der Waals surface area contributed by atoms with Gasteiger partial charge in [0.2, 0.25) is 0 Å². The van der Waals surface area contributed by atoms with E-state index in [2.05, 4.69) is 11.4 Å². The number of ether oxygens (including phenoxy) is 2. The van der Waals surface area contributed by atoms with E-state index in [1.165, 1.54) is 10.6 Å². The van der Waals surface area contributed by atoms with E-state index in [9.17, 15) is 9.59 Å². The molecule has 3 rings (SSSR count). The molecule has 0 radical (unpaired) electrons. The summed E-state index contributed by atoms with van der Waals surface area (Å²) in [7, 11) is 3.14. The summed E-state index contributed by atoms with van der Waals surface area (Å²) in [5.41, 5.74) is 2.23. The molecule has 0 fully saturated rings. The summed E-state index contributed by atoms with van der Waals surface area (Å²) in [6, 6.07) is 17.6. The van der Waals surface area contributed by atoms with Gasteiger partial charge in [-0.05, 0) is 61.4 Å². The number of methoxy groups -OCH3 is 2. The Labute approximate surface area is 180 Å². The summed E-state index contributed by atoms with van der Waals surface area (Å²) < 4.78 is 12.0. The normalized spacial score (nSPS) is 10.3. The van der Waals surface area contributed by atoms with Gasteiger partial charge in [0.25, 0.3) is 11.5 Å². The number of benzene rings is 2. The standard InChI is InChI=1S/C24H23N3O4/c1-16-7-9-20(24(29)27(16)19-6-4-5-18(13-19)15-25)23(28)26-12-11-17-8-10-21(30-2)22(14-17)31-3/h4-10,13-14H,11-12H2,1-3H3,(H,26,28). The van der Waals surface area contributed by atoms with Crippen molar-refractivity contribution in [3.05, 3.63) is 87.3 Å². The van der Waals surface area contributed by atoms with Crippen LogP contribution >= 0.6 is 0 Å². The van der Waals surface area contributed by atoms with Crippen molar-refractivity contribution >= 4 is 5.91 Å². The minimum absolute atomic E-state index is 0.0419. The number of nitrogens with zero attached hydrogens (tertiary/aromatic N) is 2. The van der Waals surface area contributed by atoms with Crippen LogP contribution in [-0.2, 0) is 6.42 Å². The number of carbonyl (C=O) groups is 1. The van der Waals surface area contributed by atoms with Crippen LogP contribution in [0.1, 0.15) is 27.2 Å². The Hall–Kier alpha value is -4.05. The van der Waals surface area contributed by atoms with Crippen molar-refractivity contribution in [1.29, 1.82) is 5.26 Å². The summed E-state index contributed by atoms with van der Waals surface area (Å²) in [6.45, 7) is 2.13. The summed E-state index contributed by atoms with van der Waals surface area (Å²) in [5, 5.41) is 11.9. The van der Waals surface area contributed by atoms with Crippen LogP contribution in [0, 0.1) is 18.3 Å². The maximum Gasteiger partial charge on any atom is 0.268 e. The molecule has 0 aliphatic heterocycles. The van der Waals surface area contributed by atoms with Crippen molar-refractivity contribution in [2.75, 3.05) is 20.8 Å². The number of hydrogen-bond donors (Lipinski definition) is 1. The van der Waals surface area contributed by atoms with E-state index in [0.29, 0.717) is 41.4 Å². The van der Waals surface area contributed by atoms with Crippen LogP contribution in [0.5, 0.6) is 11.5 Å². The highest BCUT2D eigenvalue weighted by Crippen LogP contribution is 2.27. The quantitative estimate of drug-likeness (QED) is 0.638. The lowest BCUT2D eigenvalue weighted by atomic mass is 10.1. The molecule has 31 heavy (non-hydrogen) atoms. The number of amides is 1. The molecule has 0 saturated heterocycles. The average Bonchev–Trinajstić information content (AvgIpc) is 2.79. The third-order valence-corrected chi connectivity index (χ3v) is 4.90. The number of rotatable bonds is 7. The number of pyridine rings is 1. The minimum Gasteiger partial charge on any atom is -0.493 e. The van der Waals surface area contributed by atoms with Gasteiger partial charge < -0.3 is 14.8 Å². The van der Waals surface area contributed by atoms with Gasteiger partial charge in [0.1, 0.15) is 5.56 Å². The van der Waals surface area contributed by atoms with Gasteiger partial charge in [-0.15, -0.1) is 0 Å². The first-order chi connectivity index (χ1) is 15.0. The van der Waals surface area contributed by atoms with Gasteiger partial charge >= 0.3 is 0 Å². The SMILES string of the molecule is COc1ccc(CCNC(=O)c2ccc(C)n(-c3cccc(C#N)c3)c2=O)cc1OC. The molecule has 1 heterocycles. The molecule has 0 saturated carbocycles. The van der Waals surface area contributed by atoms with Crippen LogP contribution in [-0.4, -0.2) is 31.2 Å². The molecule has 1 amide bonds. The van der Waals surface area contributed by atoms with Crippen LogP contribution in [0.2, 0.25) is 0 Å². The molecule has 0 unspecified atom stereocenters. The summed E-state index contributed by atoms with van der Waals surface area (Å²) in [4.78, 5) is 25.7. The van der Waals surface area contributed by atoms with Gasteiger partial charge in [-0.3, -0.25) is 14.2 Å². The fourth-order valence-corrected chi connectivity index (χ4v) is 3.29. The predicted octanol–water partition coefficient (Wildman–Crippen LogP) is 3.01. The van der Waals surface area contributed by atoms with E-state index in [1.54, 1.807) is 51.5 Å². The van der Waals surface area contributed by atoms with E-state index in [-0.39, 0.29) is 5.56 Å². The maximum absolute atomic E-state index is 13.0. The fourth-order valence-electron chi connectivity index (χ4n) is 3.29.